The van der Waals surface area contributed by atoms with E-state index in [0.29, 0.717) is 0 Å². The standard InChI is InChI=1S/C26H28GeN.B.Y/c1-20-11-12-22(21-9-5-3-6-10-21)17-24(20)26-18-23-13-16-27(14-7-4-8-15-27)25(23)19-28(26)2;;/h3,5-6,9,11-12,18-19H,4,7-8,13-16H2,1-2H3;;/q-1;;. The van der Waals surface area contributed by atoms with E-state index in [1.807, 2.05) is 16.5 Å². The molecule has 2 aliphatic heterocycles. The minimum absolute atomic E-state index is 0. The van der Waals surface area contributed by atoms with Gasteiger partial charge in [-0.1, -0.05) is 0 Å². The van der Waals surface area contributed by atoms with E-state index in [1.54, 1.807) is 16.1 Å². The molecule has 4 heteroatoms. The van der Waals surface area contributed by atoms with Crippen LogP contribution in [0.3, 0.4) is 0 Å². The molecule has 3 heterocycles. The van der Waals surface area contributed by atoms with Crippen molar-refractivity contribution in [1.29, 1.82) is 0 Å². The average Bonchev–Trinajstić information content (AvgIpc) is 3.06. The molecular weight excluding hydrogens is 499 g/mol. The third-order valence-corrected chi connectivity index (χ3v) is 18.4. The summed E-state index contributed by atoms with van der Waals surface area (Å²) in [4.78, 5) is 0. The van der Waals surface area contributed by atoms with Gasteiger partial charge in [0.15, 0.2) is 0 Å². The Morgan fingerprint density at radius 1 is 0.967 bits per heavy atom. The van der Waals surface area contributed by atoms with Gasteiger partial charge in [-0.25, -0.2) is 0 Å². The van der Waals surface area contributed by atoms with Gasteiger partial charge in [0.25, 0.3) is 0 Å². The molecule has 0 aliphatic carbocycles. The maximum absolute atomic E-state index is 3.71. The molecule has 0 N–H and O–H groups in total. The first-order valence-electron chi connectivity index (χ1n) is 10.7. The van der Waals surface area contributed by atoms with Crippen molar-refractivity contribution >= 4 is 26.1 Å². The maximum Gasteiger partial charge on any atom is 0 e. The topological polar surface area (TPSA) is 3.88 Å². The van der Waals surface area contributed by atoms with Crippen LogP contribution in [0.5, 0.6) is 0 Å². The van der Waals surface area contributed by atoms with Gasteiger partial charge in [-0.15, -0.1) is 0 Å². The second-order valence-electron chi connectivity index (χ2n) is 8.76. The summed E-state index contributed by atoms with van der Waals surface area (Å²) in [6.45, 7) is 2.21. The molecule has 1 spiro atoms. The number of fused-ring (bicyclic) bond motifs is 2. The predicted molar refractivity (Wildman–Crippen MR) is 124 cm³/mol. The van der Waals surface area contributed by atoms with Gasteiger partial charge >= 0.3 is 172 Å². The molecule has 0 atom stereocenters. The van der Waals surface area contributed by atoms with Crippen molar-refractivity contribution in [3.8, 4) is 22.4 Å². The molecule has 1 aromatic heterocycles. The summed E-state index contributed by atoms with van der Waals surface area (Å²) in [5, 5.41) is 4.66. The van der Waals surface area contributed by atoms with Crippen molar-refractivity contribution in [3.05, 3.63) is 71.9 Å². The Morgan fingerprint density at radius 2 is 1.77 bits per heavy atom. The molecule has 1 fully saturated rings. The molecular formula is C26H28BGeNY-. The van der Waals surface area contributed by atoms with Gasteiger partial charge in [0.2, 0.25) is 0 Å². The van der Waals surface area contributed by atoms with Crippen LogP contribution in [0.25, 0.3) is 22.4 Å². The summed E-state index contributed by atoms with van der Waals surface area (Å²) < 4.78 is 4.21. The molecule has 2 aliphatic rings. The fourth-order valence-corrected chi connectivity index (χ4v) is 17.0. The molecule has 1 saturated heterocycles. The van der Waals surface area contributed by atoms with Crippen LogP contribution in [0.1, 0.15) is 30.4 Å². The van der Waals surface area contributed by atoms with E-state index in [9.17, 15) is 0 Å². The van der Waals surface area contributed by atoms with Crippen LogP contribution in [0.2, 0.25) is 15.8 Å². The SMILES string of the molecule is Cc1ccc(-c2[c-]cccc2)[c-]c1-c1cc2[c](c[n+]1C)[Ge]1([CH2]CCC[CH2]1)[CH2]C2.[B].[Y]. The zero-order valence-electron chi connectivity index (χ0n) is 18.2. The molecule has 4 radical (unpaired) electrons. The number of benzene rings is 2. The zero-order chi connectivity index (χ0) is 19.1. The van der Waals surface area contributed by atoms with Gasteiger partial charge in [-0.3, -0.25) is 0 Å². The Morgan fingerprint density at radius 3 is 2.50 bits per heavy atom. The predicted octanol–water partition coefficient (Wildman–Crippen LogP) is 4.77. The van der Waals surface area contributed by atoms with E-state index < -0.39 is 13.3 Å². The van der Waals surface area contributed by atoms with Crippen LogP contribution in [0.15, 0.2) is 48.7 Å². The van der Waals surface area contributed by atoms with E-state index in [1.165, 1.54) is 47.8 Å². The summed E-state index contributed by atoms with van der Waals surface area (Å²) in [6.07, 6.45) is 8.26. The van der Waals surface area contributed by atoms with Crippen LogP contribution >= 0.6 is 0 Å². The Balaban J connectivity index is 0.00000128. The maximum atomic E-state index is 3.71. The van der Waals surface area contributed by atoms with E-state index in [4.69, 9.17) is 0 Å². The zero-order valence-corrected chi connectivity index (χ0v) is 23.1. The summed E-state index contributed by atoms with van der Waals surface area (Å²) in [6, 6.07) is 22.2. The van der Waals surface area contributed by atoms with Crippen LogP contribution < -0.4 is 8.96 Å². The van der Waals surface area contributed by atoms with Gasteiger partial charge in [-0.05, 0) is 0 Å². The molecule has 5 rings (SSSR count). The number of hydrogen-bond donors (Lipinski definition) is 0. The Hall–Kier alpha value is -0.698. The molecule has 1 nitrogen and oxygen atoms in total. The van der Waals surface area contributed by atoms with Gasteiger partial charge in [0, 0.05) is 41.1 Å². The van der Waals surface area contributed by atoms with Gasteiger partial charge in [-0.2, -0.15) is 0 Å². The number of aromatic nitrogens is 1. The molecule has 148 valence electrons. The third kappa shape index (κ3) is 4.30. The van der Waals surface area contributed by atoms with Crippen LogP contribution in [-0.4, -0.2) is 21.7 Å². The number of hydrogen-bond acceptors (Lipinski definition) is 0. The van der Waals surface area contributed by atoms with Crippen molar-refractivity contribution < 1.29 is 37.3 Å². The quantitative estimate of drug-likeness (QED) is 0.257. The molecule has 0 unspecified atom stereocenters. The fraction of sp³-hybridized carbons (Fsp3) is 0.346. The third-order valence-electron chi connectivity index (χ3n) is 7.02. The van der Waals surface area contributed by atoms with Crippen molar-refractivity contribution in [1.82, 2.24) is 0 Å². The normalized spacial score (nSPS) is 16.5. The van der Waals surface area contributed by atoms with Gasteiger partial charge in [0.05, 0.1) is 0 Å². The first kappa shape index (κ1) is 24.0. The Kier molecular flexibility index (Phi) is 7.86. The Bertz CT molecular complexity index is 1030. The second kappa shape index (κ2) is 9.84. The first-order valence-corrected chi connectivity index (χ1v) is 16.2. The molecule has 3 aromatic rings. The van der Waals surface area contributed by atoms with Gasteiger partial charge < -0.3 is 0 Å². The van der Waals surface area contributed by atoms with Gasteiger partial charge in [0.1, 0.15) is 0 Å². The van der Waals surface area contributed by atoms with Crippen LogP contribution in [-0.2, 0) is 46.2 Å². The number of nitrogens with zero attached hydrogens (tertiary/aromatic N) is 1. The number of rotatable bonds is 2. The molecule has 0 bridgehead atoms. The van der Waals surface area contributed by atoms with Crippen molar-refractivity contribution in [2.24, 2.45) is 7.05 Å². The number of aryl methyl sites for hydroxylation is 3. The van der Waals surface area contributed by atoms with E-state index >= 15 is 0 Å². The molecule has 0 saturated carbocycles. The van der Waals surface area contributed by atoms with E-state index in [2.05, 4.69) is 67.2 Å². The molecule has 0 amide bonds. The van der Waals surface area contributed by atoms with Crippen molar-refractivity contribution in [2.75, 3.05) is 0 Å². The smallest absolute Gasteiger partial charge is 0 e. The average molecular weight is 527 g/mol. The summed E-state index contributed by atoms with van der Waals surface area (Å²) in [5.74, 6) is 0. The number of pyridine rings is 1. The van der Waals surface area contributed by atoms with E-state index in [0.717, 1.165) is 11.1 Å². The summed E-state index contributed by atoms with van der Waals surface area (Å²) >= 11 is -1.79. The first-order chi connectivity index (χ1) is 13.7. The molecule has 30 heavy (non-hydrogen) atoms. The minimum atomic E-state index is -1.79. The van der Waals surface area contributed by atoms with Crippen molar-refractivity contribution in [3.63, 3.8) is 0 Å². The second-order valence-corrected chi connectivity index (χ2v) is 18.4. The van der Waals surface area contributed by atoms with Crippen molar-refractivity contribution in [2.45, 2.75) is 48.4 Å². The monoisotopic (exact) mass is 528 g/mol. The Labute approximate surface area is 211 Å². The fourth-order valence-electron chi connectivity index (χ4n) is 5.43. The summed E-state index contributed by atoms with van der Waals surface area (Å²) in [5.41, 5.74) is 7.73. The van der Waals surface area contributed by atoms with Crippen LogP contribution in [0.4, 0.5) is 0 Å². The largest absolute Gasteiger partial charge is 0 e. The summed E-state index contributed by atoms with van der Waals surface area (Å²) in [7, 11) is 2.24. The minimum Gasteiger partial charge on any atom is 0 e. The van der Waals surface area contributed by atoms with E-state index in [-0.39, 0.29) is 41.1 Å². The molecule has 2 aromatic carbocycles. The van der Waals surface area contributed by atoms with Crippen LogP contribution in [0, 0.1) is 19.1 Å².